The van der Waals surface area contributed by atoms with E-state index in [1.54, 1.807) is 24.3 Å². The Kier molecular flexibility index (Phi) is 3.50. The number of carbonyl (C=O) groups is 3. The van der Waals surface area contributed by atoms with Crippen LogP contribution in [0.5, 0.6) is 0 Å². The molecule has 1 aliphatic heterocycles. The zero-order valence-corrected chi connectivity index (χ0v) is 10.6. The van der Waals surface area contributed by atoms with Crippen molar-refractivity contribution in [2.75, 3.05) is 11.9 Å². The molecule has 2 rings (SSSR count). The Bertz CT molecular complexity index is 542. The van der Waals surface area contributed by atoms with Gasteiger partial charge < -0.3 is 16.0 Å². The van der Waals surface area contributed by atoms with Crippen molar-refractivity contribution < 1.29 is 14.4 Å². The number of nitrogens with one attached hydrogen (secondary N) is 1. The Hall–Kier alpha value is -2.37. The van der Waals surface area contributed by atoms with Gasteiger partial charge in [-0.1, -0.05) is 19.1 Å². The lowest BCUT2D eigenvalue weighted by atomic mass is 10.1. The van der Waals surface area contributed by atoms with E-state index in [9.17, 15) is 14.4 Å². The number of benzene rings is 1. The van der Waals surface area contributed by atoms with E-state index in [-0.39, 0.29) is 5.91 Å². The van der Waals surface area contributed by atoms with Gasteiger partial charge in [-0.15, -0.1) is 0 Å². The van der Waals surface area contributed by atoms with Gasteiger partial charge in [0.15, 0.2) is 6.04 Å². The van der Waals surface area contributed by atoms with Gasteiger partial charge in [0.2, 0.25) is 5.91 Å². The van der Waals surface area contributed by atoms with Crippen molar-refractivity contribution in [2.24, 2.45) is 5.73 Å². The Balaban J connectivity index is 2.52. The minimum Gasteiger partial charge on any atom is -0.367 e. The number of primary amides is 1. The highest BCUT2D eigenvalue weighted by Gasteiger charge is 2.38. The average molecular weight is 261 g/mol. The number of nitrogens with zero attached hydrogens (tertiary/aromatic N) is 1. The Morgan fingerprint density at radius 1 is 1.37 bits per heavy atom. The van der Waals surface area contributed by atoms with Crippen LogP contribution in [0.15, 0.2) is 24.3 Å². The van der Waals surface area contributed by atoms with Crippen LogP contribution in [0.3, 0.4) is 0 Å². The molecule has 6 nitrogen and oxygen atoms in total. The lowest BCUT2D eigenvalue weighted by molar-refractivity contribution is -0.131. The second-order valence-corrected chi connectivity index (χ2v) is 4.34. The molecule has 1 atom stereocenters. The van der Waals surface area contributed by atoms with E-state index in [2.05, 4.69) is 5.32 Å². The van der Waals surface area contributed by atoms with Crippen LogP contribution in [-0.2, 0) is 9.59 Å². The Morgan fingerprint density at radius 2 is 2.05 bits per heavy atom. The molecule has 3 amide bonds. The molecule has 1 aromatic carbocycles. The SMILES string of the molecule is CCCN1C(=O)c2ccccc2NC(=O)C1C(N)=O. The van der Waals surface area contributed by atoms with Crippen molar-refractivity contribution in [3.8, 4) is 0 Å². The molecule has 0 spiro atoms. The monoisotopic (exact) mass is 261 g/mol. The van der Waals surface area contributed by atoms with Crippen molar-refractivity contribution in [3.05, 3.63) is 29.8 Å². The molecule has 6 heteroatoms. The highest BCUT2D eigenvalue weighted by atomic mass is 16.2. The van der Waals surface area contributed by atoms with Crippen LogP contribution >= 0.6 is 0 Å². The van der Waals surface area contributed by atoms with Crippen LogP contribution < -0.4 is 11.1 Å². The minimum absolute atomic E-state index is 0.300. The van der Waals surface area contributed by atoms with Crippen LogP contribution in [0, 0.1) is 0 Å². The molecular formula is C13H15N3O3. The first-order valence-corrected chi connectivity index (χ1v) is 6.06. The largest absolute Gasteiger partial charge is 0.367 e. The van der Waals surface area contributed by atoms with Crippen LogP contribution in [-0.4, -0.2) is 35.2 Å². The zero-order valence-electron chi connectivity index (χ0n) is 10.6. The van der Waals surface area contributed by atoms with Crippen molar-refractivity contribution in [3.63, 3.8) is 0 Å². The molecule has 0 fully saturated rings. The summed E-state index contributed by atoms with van der Waals surface area (Å²) < 4.78 is 0. The van der Waals surface area contributed by atoms with Gasteiger partial charge in [-0.25, -0.2) is 0 Å². The lowest BCUT2D eigenvalue weighted by Gasteiger charge is -2.25. The van der Waals surface area contributed by atoms with Gasteiger partial charge >= 0.3 is 0 Å². The number of hydrogen-bond donors (Lipinski definition) is 2. The van der Waals surface area contributed by atoms with Gasteiger partial charge in [-0.05, 0) is 18.6 Å². The molecule has 0 bridgehead atoms. The highest BCUT2D eigenvalue weighted by molar-refractivity contribution is 6.17. The third kappa shape index (κ3) is 2.29. The number of rotatable bonds is 3. The second-order valence-electron chi connectivity index (χ2n) is 4.34. The number of para-hydroxylation sites is 1. The van der Waals surface area contributed by atoms with Gasteiger partial charge in [0.05, 0.1) is 11.3 Å². The standard InChI is InChI=1S/C13H15N3O3/c1-2-7-16-10(11(14)17)12(18)15-9-6-4-3-5-8(9)13(16)19/h3-6,10H,2,7H2,1H3,(H2,14,17)(H,15,18). The van der Waals surface area contributed by atoms with Crippen molar-refractivity contribution in [1.82, 2.24) is 4.90 Å². The number of anilines is 1. The zero-order chi connectivity index (χ0) is 14.0. The highest BCUT2D eigenvalue weighted by Crippen LogP contribution is 2.23. The van der Waals surface area contributed by atoms with Gasteiger partial charge in [0, 0.05) is 6.54 Å². The molecule has 1 heterocycles. The third-order valence-electron chi connectivity index (χ3n) is 2.97. The minimum atomic E-state index is -1.26. The quantitative estimate of drug-likeness (QED) is 0.769. The maximum Gasteiger partial charge on any atom is 0.257 e. The molecule has 19 heavy (non-hydrogen) atoms. The van der Waals surface area contributed by atoms with E-state index in [1.807, 2.05) is 6.92 Å². The Morgan fingerprint density at radius 3 is 2.68 bits per heavy atom. The predicted molar refractivity (Wildman–Crippen MR) is 69.4 cm³/mol. The van der Waals surface area contributed by atoms with Crippen LogP contribution in [0.1, 0.15) is 23.7 Å². The summed E-state index contributed by atoms with van der Waals surface area (Å²) in [7, 11) is 0. The third-order valence-corrected chi connectivity index (χ3v) is 2.97. The molecule has 0 radical (unpaired) electrons. The van der Waals surface area contributed by atoms with E-state index in [0.29, 0.717) is 24.2 Å². The predicted octanol–water partition coefficient (Wildman–Crippen LogP) is 0.345. The number of carbonyl (C=O) groups excluding carboxylic acids is 3. The Labute approximate surface area is 110 Å². The second kappa shape index (κ2) is 5.09. The van der Waals surface area contributed by atoms with Crippen LogP contribution in [0.25, 0.3) is 0 Å². The average Bonchev–Trinajstić information content (AvgIpc) is 2.46. The molecule has 0 saturated carbocycles. The first-order valence-electron chi connectivity index (χ1n) is 6.06. The van der Waals surface area contributed by atoms with Crippen LogP contribution in [0.2, 0.25) is 0 Å². The fourth-order valence-corrected chi connectivity index (χ4v) is 2.15. The number of fused-ring (bicyclic) bond motifs is 1. The van der Waals surface area contributed by atoms with Gasteiger partial charge in [-0.2, -0.15) is 0 Å². The van der Waals surface area contributed by atoms with E-state index >= 15 is 0 Å². The molecule has 1 aromatic rings. The smallest absolute Gasteiger partial charge is 0.257 e. The summed E-state index contributed by atoms with van der Waals surface area (Å²) in [6.45, 7) is 2.16. The van der Waals surface area contributed by atoms with Crippen molar-refractivity contribution in [2.45, 2.75) is 19.4 Å². The maximum absolute atomic E-state index is 12.4. The lowest BCUT2D eigenvalue weighted by Crippen LogP contribution is -2.53. The number of hydrogen-bond acceptors (Lipinski definition) is 3. The first kappa shape index (κ1) is 13.1. The first-order chi connectivity index (χ1) is 9.06. The van der Waals surface area contributed by atoms with Crippen molar-refractivity contribution in [1.29, 1.82) is 0 Å². The fourth-order valence-electron chi connectivity index (χ4n) is 2.15. The van der Waals surface area contributed by atoms with E-state index in [4.69, 9.17) is 5.73 Å². The maximum atomic E-state index is 12.4. The summed E-state index contributed by atoms with van der Waals surface area (Å²) in [5, 5.41) is 2.57. The van der Waals surface area contributed by atoms with Gasteiger partial charge in [-0.3, -0.25) is 14.4 Å². The normalized spacial score (nSPS) is 18.6. The summed E-state index contributed by atoms with van der Waals surface area (Å²) in [5.41, 5.74) is 6.02. The number of nitrogens with two attached hydrogens (primary N) is 1. The summed E-state index contributed by atoms with van der Waals surface area (Å²) in [5.74, 6) is -1.76. The molecule has 1 aliphatic rings. The van der Waals surface area contributed by atoms with E-state index < -0.39 is 17.9 Å². The molecule has 0 aromatic heterocycles. The summed E-state index contributed by atoms with van der Waals surface area (Å²) in [6.07, 6.45) is 0.630. The van der Waals surface area contributed by atoms with Gasteiger partial charge in [0.25, 0.3) is 11.8 Å². The molecule has 0 aliphatic carbocycles. The van der Waals surface area contributed by atoms with Gasteiger partial charge in [0.1, 0.15) is 0 Å². The summed E-state index contributed by atoms with van der Waals surface area (Å²) >= 11 is 0. The van der Waals surface area contributed by atoms with E-state index in [0.717, 1.165) is 0 Å². The van der Waals surface area contributed by atoms with E-state index in [1.165, 1.54) is 4.90 Å². The number of amides is 3. The van der Waals surface area contributed by atoms with Crippen molar-refractivity contribution >= 4 is 23.4 Å². The molecule has 100 valence electrons. The molecule has 1 unspecified atom stereocenters. The molecule has 0 saturated heterocycles. The fraction of sp³-hybridized carbons (Fsp3) is 0.308. The summed E-state index contributed by atoms with van der Waals surface area (Å²) in [4.78, 5) is 37.1. The summed E-state index contributed by atoms with van der Waals surface area (Å²) in [6, 6.07) is 5.39. The molecule has 3 N–H and O–H groups in total. The van der Waals surface area contributed by atoms with Crippen LogP contribution in [0.4, 0.5) is 5.69 Å². The molecular weight excluding hydrogens is 246 g/mol. The topological polar surface area (TPSA) is 92.5 Å².